The van der Waals surface area contributed by atoms with Crippen LogP contribution in [-0.2, 0) is 6.61 Å². The van der Waals surface area contributed by atoms with Crippen LogP contribution in [0.2, 0.25) is 0 Å². The van der Waals surface area contributed by atoms with Crippen LogP contribution in [-0.4, -0.2) is 12.2 Å². The van der Waals surface area contributed by atoms with E-state index in [4.69, 9.17) is 4.74 Å². The van der Waals surface area contributed by atoms with Crippen LogP contribution in [0.5, 0.6) is 5.06 Å². The molecule has 1 aromatic heterocycles. The van der Waals surface area contributed by atoms with Crippen molar-refractivity contribution in [1.29, 1.82) is 0 Å². The van der Waals surface area contributed by atoms with Gasteiger partial charge in [-0.15, -0.1) is 0 Å². The summed E-state index contributed by atoms with van der Waals surface area (Å²) >= 11 is 3.81. The summed E-state index contributed by atoms with van der Waals surface area (Å²) in [5.41, 5.74) is 0.997. The molecule has 0 spiro atoms. The van der Waals surface area contributed by atoms with Crippen molar-refractivity contribution in [3.63, 3.8) is 0 Å². The molecule has 2 aromatic rings. The van der Waals surface area contributed by atoms with Crippen LogP contribution in [0, 0.1) is 3.57 Å². The first-order chi connectivity index (χ1) is 6.76. The number of hydrogen-bond donors (Lipinski definition) is 1. The number of halogens is 1. The maximum absolute atomic E-state index is 9.26. The van der Waals surface area contributed by atoms with Crippen molar-refractivity contribution in [2.75, 3.05) is 7.11 Å². The van der Waals surface area contributed by atoms with Gasteiger partial charge in [-0.05, 0) is 40.1 Å². The number of aliphatic hydroxyl groups excluding tert-OH is 1. The molecular formula is C10H9IO2S. The van der Waals surface area contributed by atoms with Crippen molar-refractivity contribution in [2.24, 2.45) is 0 Å². The third-order valence-corrected chi connectivity index (χ3v) is 4.25. The van der Waals surface area contributed by atoms with Gasteiger partial charge in [0.15, 0.2) is 5.06 Å². The Morgan fingerprint density at radius 3 is 2.93 bits per heavy atom. The summed E-state index contributed by atoms with van der Waals surface area (Å²) in [6, 6.07) is 6.06. The van der Waals surface area contributed by atoms with E-state index in [1.165, 1.54) is 0 Å². The van der Waals surface area contributed by atoms with Crippen molar-refractivity contribution < 1.29 is 9.84 Å². The van der Waals surface area contributed by atoms with Crippen LogP contribution >= 0.6 is 33.9 Å². The Kier molecular flexibility index (Phi) is 2.94. The highest BCUT2D eigenvalue weighted by Crippen LogP contribution is 2.35. The molecule has 4 heteroatoms. The Balaban J connectivity index is 2.73. The Labute approximate surface area is 99.7 Å². The lowest BCUT2D eigenvalue weighted by Gasteiger charge is -2.00. The molecule has 0 unspecified atom stereocenters. The smallest absolute Gasteiger partial charge is 0.174 e. The standard InChI is InChI=1S/C10H9IO2S/c1-13-9-4-6-2-3-8(11)7(5-12)10(6)14-9/h2-4,12H,5H2,1H3. The second kappa shape index (κ2) is 4.04. The second-order valence-electron chi connectivity index (χ2n) is 2.87. The molecule has 0 radical (unpaired) electrons. The van der Waals surface area contributed by atoms with Crippen molar-refractivity contribution in [3.8, 4) is 5.06 Å². The topological polar surface area (TPSA) is 29.5 Å². The Morgan fingerprint density at radius 1 is 1.50 bits per heavy atom. The number of ether oxygens (including phenoxy) is 1. The summed E-state index contributed by atoms with van der Waals surface area (Å²) in [5, 5.41) is 11.3. The Hall–Kier alpha value is -0.330. The normalized spacial score (nSPS) is 10.8. The van der Waals surface area contributed by atoms with E-state index in [1.54, 1.807) is 18.4 Å². The van der Waals surface area contributed by atoms with Crippen LogP contribution in [0.4, 0.5) is 0 Å². The highest BCUT2D eigenvalue weighted by molar-refractivity contribution is 14.1. The molecule has 0 amide bonds. The first-order valence-corrected chi connectivity index (χ1v) is 6.01. The van der Waals surface area contributed by atoms with Crippen molar-refractivity contribution in [2.45, 2.75) is 6.61 Å². The van der Waals surface area contributed by atoms with Gasteiger partial charge >= 0.3 is 0 Å². The SMILES string of the molecule is COc1cc2ccc(I)c(CO)c2s1. The molecule has 14 heavy (non-hydrogen) atoms. The number of fused-ring (bicyclic) bond motifs is 1. The van der Waals surface area contributed by atoms with E-state index in [0.29, 0.717) is 0 Å². The zero-order valence-corrected chi connectivity index (χ0v) is 10.6. The van der Waals surface area contributed by atoms with Gasteiger partial charge < -0.3 is 9.84 Å². The number of rotatable bonds is 2. The molecule has 1 heterocycles. The summed E-state index contributed by atoms with van der Waals surface area (Å²) in [5.74, 6) is 0. The molecular weight excluding hydrogens is 311 g/mol. The molecule has 2 nitrogen and oxygen atoms in total. The second-order valence-corrected chi connectivity index (χ2v) is 5.05. The van der Waals surface area contributed by atoms with Gasteiger partial charge in [0.2, 0.25) is 0 Å². The fourth-order valence-electron chi connectivity index (χ4n) is 1.36. The summed E-state index contributed by atoms with van der Waals surface area (Å²) in [7, 11) is 1.66. The molecule has 1 N–H and O–H groups in total. The maximum Gasteiger partial charge on any atom is 0.174 e. The average Bonchev–Trinajstić information content (AvgIpc) is 2.60. The highest BCUT2D eigenvalue weighted by atomic mass is 127. The van der Waals surface area contributed by atoms with Gasteiger partial charge in [-0.25, -0.2) is 0 Å². The molecule has 74 valence electrons. The number of benzene rings is 1. The van der Waals surface area contributed by atoms with Crippen LogP contribution < -0.4 is 4.74 Å². The average molecular weight is 320 g/mol. The molecule has 2 rings (SSSR count). The molecule has 0 saturated carbocycles. The van der Waals surface area contributed by atoms with Crippen molar-refractivity contribution in [3.05, 3.63) is 27.3 Å². The first-order valence-electron chi connectivity index (χ1n) is 4.12. The van der Waals surface area contributed by atoms with Gasteiger partial charge in [-0.3, -0.25) is 0 Å². The van der Waals surface area contributed by atoms with Gasteiger partial charge in [0.05, 0.1) is 13.7 Å². The maximum atomic E-state index is 9.26. The number of methoxy groups -OCH3 is 1. The van der Waals surface area contributed by atoms with E-state index in [1.807, 2.05) is 12.1 Å². The summed E-state index contributed by atoms with van der Waals surface area (Å²) < 4.78 is 7.39. The fourth-order valence-corrected chi connectivity index (χ4v) is 3.18. The van der Waals surface area contributed by atoms with Crippen LogP contribution in [0.25, 0.3) is 10.1 Å². The van der Waals surface area contributed by atoms with Gasteiger partial charge in [-0.2, -0.15) is 0 Å². The summed E-state index contributed by atoms with van der Waals surface area (Å²) in [6.45, 7) is 0.0826. The fraction of sp³-hybridized carbons (Fsp3) is 0.200. The molecule has 0 saturated heterocycles. The lowest BCUT2D eigenvalue weighted by atomic mass is 10.2. The molecule has 0 aliphatic heterocycles. The van der Waals surface area contributed by atoms with Gasteiger partial charge in [-0.1, -0.05) is 17.4 Å². The van der Waals surface area contributed by atoms with Gasteiger partial charge in [0, 0.05) is 13.8 Å². The van der Waals surface area contributed by atoms with Gasteiger partial charge in [0.1, 0.15) is 0 Å². The predicted octanol–water partition coefficient (Wildman–Crippen LogP) is 3.01. The van der Waals surface area contributed by atoms with Gasteiger partial charge in [0.25, 0.3) is 0 Å². The molecule has 1 aromatic carbocycles. The third-order valence-electron chi connectivity index (χ3n) is 2.07. The van der Waals surface area contributed by atoms with E-state index in [9.17, 15) is 5.11 Å². The van der Waals surface area contributed by atoms with E-state index >= 15 is 0 Å². The zero-order chi connectivity index (χ0) is 10.1. The van der Waals surface area contributed by atoms with Crippen LogP contribution in [0.1, 0.15) is 5.56 Å². The largest absolute Gasteiger partial charge is 0.487 e. The minimum Gasteiger partial charge on any atom is -0.487 e. The van der Waals surface area contributed by atoms with Crippen molar-refractivity contribution >= 4 is 44.0 Å². The molecule has 0 fully saturated rings. The van der Waals surface area contributed by atoms with E-state index in [2.05, 4.69) is 28.7 Å². The summed E-state index contributed by atoms with van der Waals surface area (Å²) in [6.07, 6.45) is 0. The van der Waals surface area contributed by atoms with Crippen LogP contribution in [0.15, 0.2) is 18.2 Å². The quantitative estimate of drug-likeness (QED) is 0.862. The van der Waals surface area contributed by atoms with Crippen molar-refractivity contribution in [1.82, 2.24) is 0 Å². The molecule has 0 bridgehead atoms. The number of thiophene rings is 1. The van der Waals surface area contributed by atoms with E-state index in [0.717, 1.165) is 24.3 Å². The predicted molar refractivity (Wildman–Crippen MR) is 67.0 cm³/mol. The Morgan fingerprint density at radius 2 is 2.29 bits per heavy atom. The number of hydrogen-bond acceptors (Lipinski definition) is 3. The van der Waals surface area contributed by atoms with E-state index < -0.39 is 0 Å². The molecule has 0 atom stereocenters. The molecule has 0 aliphatic carbocycles. The molecule has 0 aliphatic rings. The minimum atomic E-state index is 0.0826. The van der Waals surface area contributed by atoms with Crippen LogP contribution in [0.3, 0.4) is 0 Å². The summed E-state index contributed by atoms with van der Waals surface area (Å²) in [4.78, 5) is 0. The Bertz CT molecular complexity index is 464. The third kappa shape index (κ3) is 1.62. The zero-order valence-electron chi connectivity index (χ0n) is 7.58. The lowest BCUT2D eigenvalue weighted by molar-refractivity contribution is 0.282. The minimum absolute atomic E-state index is 0.0826. The number of aliphatic hydroxyl groups is 1. The first kappa shape index (κ1) is 10.2. The lowest BCUT2D eigenvalue weighted by Crippen LogP contribution is -1.87. The monoisotopic (exact) mass is 320 g/mol. The highest BCUT2D eigenvalue weighted by Gasteiger charge is 2.08. The van der Waals surface area contributed by atoms with E-state index in [-0.39, 0.29) is 6.61 Å².